The minimum atomic E-state index is -0.630. The zero-order valence-electron chi connectivity index (χ0n) is 16.9. The van der Waals surface area contributed by atoms with Gasteiger partial charge in [0.1, 0.15) is 17.6 Å². The first-order chi connectivity index (χ1) is 13.2. The van der Waals surface area contributed by atoms with Gasteiger partial charge in [-0.05, 0) is 43.4 Å². The van der Waals surface area contributed by atoms with Gasteiger partial charge in [0, 0.05) is 18.1 Å². The van der Waals surface area contributed by atoms with Crippen LogP contribution in [-0.2, 0) is 16.0 Å². The molecule has 2 atom stereocenters. The van der Waals surface area contributed by atoms with E-state index in [1.54, 1.807) is 13.0 Å². The van der Waals surface area contributed by atoms with Gasteiger partial charge < -0.3 is 15.1 Å². The highest BCUT2D eigenvalue weighted by molar-refractivity contribution is 5.95. The van der Waals surface area contributed by atoms with Gasteiger partial charge in [-0.15, -0.1) is 0 Å². The van der Waals surface area contributed by atoms with Gasteiger partial charge >= 0.3 is 0 Å². The van der Waals surface area contributed by atoms with E-state index in [0.29, 0.717) is 0 Å². The minimum Gasteiger partial charge on any atom is -0.466 e. The summed E-state index contributed by atoms with van der Waals surface area (Å²) in [5.74, 6) is 1.31. The first kappa shape index (κ1) is 19.9. The number of hydrogen-bond acceptors (Lipinski definition) is 3. The number of aryl methyl sites for hydroxylation is 1. The number of nitrogens with one attached hydrogen (secondary N) is 2. The fraction of sp³-hybridized carbons (Fsp3) is 0.391. The SMILES string of the molecule is Cc1cc2c(o1)CC(C)(C)CC2NC(=O)C(C)NC(=O)/C=C/c1ccccc1. The van der Waals surface area contributed by atoms with Crippen LogP contribution < -0.4 is 10.6 Å². The quantitative estimate of drug-likeness (QED) is 0.772. The summed E-state index contributed by atoms with van der Waals surface area (Å²) < 4.78 is 5.82. The average molecular weight is 380 g/mol. The summed E-state index contributed by atoms with van der Waals surface area (Å²) in [5.41, 5.74) is 2.02. The zero-order chi connectivity index (χ0) is 20.3. The van der Waals surface area contributed by atoms with Crippen molar-refractivity contribution in [2.24, 2.45) is 5.41 Å². The third-order valence-electron chi connectivity index (χ3n) is 5.03. The van der Waals surface area contributed by atoms with Crippen LogP contribution in [0, 0.1) is 12.3 Å². The molecule has 2 aromatic rings. The molecule has 1 aromatic carbocycles. The smallest absolute Gasteiger partial charge is 0.244 e. The lowest BCUT2D eigenvalue weighted by Gasteiger charge is -2.35. The number of carbonyl (C=O) groups excluding carboxylic acids is 2. The van der Waals surface area contributed by atoms with E-state index < -0.39 is 6.04 Å². The molecule has 0 fully saturated rings. The van der Waals surface area contributed by atoms with E-state index in [9.17, 15) is 9.59 Å². The predicted molar refractivity (Wildman–Crippen MR) is 110 cm³/mol. The Morgan fingerprint density at radius 2 is 1.96 bits per heavy atom. The van der Waals surface area contributed by atoms with Crippen molar-refractivity contribution in [1.29, 1.82) is 0 Å². The van der Waals surface area contributed by atoms with Gasteiger partial charge in [0.25, 0.3) is 0 Å². The van der Waals surface area contributed by atoms with Crippen molar-refractivity contribution in [3.05, 3.63) is 65.1 Å². The molecule has 5 nitrogen and oxygen atoms in total. The largest absolute Gasteiger partial charge is 0.466 e. The van der Waals surface area contributed by atoms with Crippen LogP contribution in [0.2, 0.25) is 0 Å². The molecule has 0 aliphatic heterocycles. The number of carbonyl (C=O) groups is 2. The van der Waals surface area contributed by atoms with Gasteiger partial charge in [0.2, 0.25) is 11.8 Å². The Kier molecular flexibility index (Phi) is 5.73. The lowest BCUT2D eigenvalue weighted by atomic mass is 9.74. The van der Waals surface area contributed by atoms with Crippen LogP contribution >= 0.6 is 0 Å². The van der Waals surface area contributed by atoms with Gasteiger partial charge in [-0.25, -0.2) is 0 Å². The first-order valence-corrected chi connectivity index (χ1v) is 9.67. The van der Waals surface area contributed by atoms with Crippen LogP contribution in [0.5, 0.6) is 0 Å². The molecule has 1 aliphatic rings. The number of hydrogen-bond donors (Lipinski definition) is 2. The van der Waals surface area contributed by atoms with Crippen LogP contribution in [0.4, 0.5) is 0 Å². The number of furan rings is 1. The fourth-order valence-electron chi connectivity index (χ4n) is 3.67. The summed E-state index contributed by atoms with van der Waals surface area (Å²) >= 11 is 0. The van der Waals surface area contributed by atoms with Crippen LogP contribution in [0.25, 0.3) is 6.08 Å². The maximum Gasteiger partial charge on any atom is 0.244 e. The average Bonchev–Trinajstić information content (AvgIpc) is 2.99. The van der Waals surface area contributed by atoms with Crippen molar-refractivity contribution in [3.8, 4) is 0 Å². The van der Waals surface area contributed by atoms with Crippen LogP contribution in [0.1, 0.15) is 55.9 Å². The topological polar surface area (TPSA) is 71.3 Å². The summed E-state index contributed by atoms with van der Waals surface area (Å²) in [6.07, 6.45) is 4.86. The number of rotatable bonds is 5. The summed E-state index contributed by atoms with van der Waals surface area (Å²) in [7, 11) is 0. The van der Waals surface area contributed by atoms with Crippen molar-refractivity contribution in [1.82, 2.24) is 10.6 Å². The van der Waals surface area contributed by atoms with Crippen LogP contribution in [0.3, 0.4) is 0 Å². The molecule has 0 spiro atoms. The van der Waals surface area contributed by atoms with Gasteiger partial charge in [0.15, 0.2) is 0 Å². The molecule has 0 radical (unpaired) electrons. The Morgan fingerprint density at radius 3 is 2.68 bits per heavy atom. The normalized spacial score (nSPS) is 19.1. The number of amides is 2. The second kappa shape index (κ2) is 8.05. The fourth-order valence-corrected chi connectivity index (χ4v) is 3.67. The second-order valence-corrected chi connectivity index (χ2v) is 8.32. The Labute approximate surface area is 166 Å². The van der Waals surface area contributed by atoms with Crippen LogP contribution in [0.15, 0.2) is 46.9 Å². The van der Waals surface area contributed by atoms with Crippen molar-refractivity contribution >= 4 is 17.9 Å². The van der Waals surface area contributed by atoms with E-state index in [2.05, 4.69) is 24.5 Å². The van der Waals surface area contributed by atoms with Crippen molar-refractivity contribution < 1.29 is 14.0 Å². The Bertz CT molecular complexity index is 881. The molecule has 2 amide bonds. The lowest BCUT2D eigenvalue weighted by Crippen LogP contribution is -2.46. The van der Waals surface area contributed by atoms with E-state index in [1.807, 2.05) is 43.3 Å². The minimum absolute atomic E-state index is 0.0418. The third kappa shape index (κ3) is 4.91. The lowest BCUT2D eigenvalue weighted by molar-refractivity contribution is -0.127. The summed E-state index contributed by atoms with van der Waals surface area (Å²) in [6, 6.07) is 10.8. The molecule has 2 unspecified atom stereocenters. The van der Waals surface area contributed by atoms with Gasteiger partial charge in [-0.1, -0.05) is 44.2 Å². The van der Waals surface area contributed by atoms with Crippen LogP contribution in [-0.4, -0.2) is 17.9 Å². The van der Waals surface area contributed by atoms with E-state index in [-0.39, 0.29) is 23.3 Å². The Morgan fingerprint density at radius 1 is 1.25 bits per heavy atom. The highest BCUT2D eigenvalue weighted by Crippen LogP contribution is 2.42. The molecule has 28 heavy (non-hydrogen) atoms. The van der Waals surface area contributed by atoms with Crippen molar-refractivity contribution in [2.75, 3.05) is 0 Å². The predicted octanol–water partition coefficient (Wildman–Crippen LogP) is 3.94. The molecule has 3 rings (SSSR count). The Hall–Kier alpha value is -2.82. The van der Waals surface area contributed by atoms with Gasteiger partial charge in [-0.3, -0.25) is 9.59 Å². The van der Waals surface area contributed by atoms with E-state index >= 15 is 0 Å². The van der Waals surface area contributed by atoms with Gasteiger partial charge in [-0.2, -0.15) is 0 Å². The molecule has 148 valence electrons. The summed E-state index contributed by atoms with van der Waals surface area (Å²) in [5, 5.41) is 5.81. The molecule has 0 bridgehead atoms. The molecular formula is C23H28N2O3. The zero-order valence-corrected chi connectivity index (χ0v) is 16.9. The third-order valence-corrected chi connectivity index (χ3v) is 5.03. The van der Waals surface area contributed by atoms with E-state index in [1.165, 1.54) is 6.08 Å². The summed E-state index contributed by atoms with van der Waals surface area (Å²) in [6.45, 7) is 7.96. The molecule has 2 N–H and O–H groups in total. The summed E-state index contributed by atoms with van der Waals surface area (Å²) in [4.78, 5) is 24.8. The highest BCUT2D eigenvalue weighted by atomic mass is 16.3. The van der Waals surface area contributed by atoms with Gasteiger partial charge in [0.05, 0.1) is 6.04 Å². The van der Waals surface area contributed by atoms with Crippen molar-refractivity contribution in [2.45, 2.75) is 52.6 Å². The first-order valence-electron chi connectivity index (χ1n) is 9.67. The molecule has 0 saturated heterocycles. The standard InChI is InChI=1S/C23H28N2O3/c1-15-12-18-19(13-23(3,4)14-20(18)28-15)25-22(27)16(2)24-21(26)11-10-17-8-6-5-7-9-17/h5-12,16,19H,13-14H2,1-4H3,(H,24,26)(H,25,27)/b11-10+. The highest BCUT2D eigenvalue weighted by Gasteiger charge is 2.36. The molecule has 1 aliphatic carbocycles. The molecular weight excluding hydrogens is 352 g/mol. The monoisotopic (exact) mass is 380 g/mol. The number of fused-ring (bicyclic) bond motifs is 1. The Balaban J connectivity index is 1.61. The maximum absolute atomic E-state index is 12.7. The molecule has 0 saturated carbocycles. The molecule has 1 heterocycles. The number of benzene rings is 1. The van der Waals surface area contributed by atoms with E-state index in [0.717, 1.165) is 35.5 Å². The molecule has 5 heteroatoms. The van der Waals surface area contributed by atoms with Crippen molar-refractivity contribution in [3.63, 3.8) is 0 Å². The molecule has 1 aromatic heterocycles. The maximum atomic E-state index is 12.7. The van der Waals surface area contributed by atoms with E-state index in [4.69, 9.17) is 4.42 Å². The second-order valence-electron chi connectivity index (χ2n) is 8.32.